The first-order valence-corrected chi connectivity index (χ1v) is 8.35. The second kappa shape index (κ2) is 8.60. The predicted octanol–water partition coefficient (Wildman–Crippen LogP) is 3.33. The Balaban J connectivity index is 1.55. The van der Waals surface area contributed by atoms with Crippen LogP contribution < -0.4 is 15.4 Å². The number of benzene rings is 2. The fourth-order valence-electron chi connectivity index (χ4n) is 2.66. The van der Waals surface area contributed by atoms with E-state index in [1.54, 1.807) is 36.4 Å². The minimum atomic E-state index is -0.377. The van der Waals surface area contributed by atoms with Crippen molar-refractivity contribution in [2.24, 2.45) is 0 Å². The van der Waals surface area contributed by atoms with Crippen molar-refractivity contribution in [1.82, 2.24) is 5.32 Å². The number of halogens is 1. The Hall–Kier alpha value is -2.44. The van der Waals surface area contributed by atoms with Gasteiger partial charge < -0.3 is 20.1 Å². The highest BCUT2D eigenvalue weighted by atomic mass is 19.1. The molecule has 6 heteroatoms. The number of anilines is 1. The molecule has 1 aliphatic rings. The molecule has 0 radical (unpaired) electrons. The number of amides is 1. The molecule has 1 fully saturated rings. The number of carbonyl (C=O) groups excluding carboxylic acids is 1. The molecule has 25 heavy (non-hydrogen) atoms. The zero-order chi connectivity index (χ0) is 17.5. The molecule has 1 aliphatic heterocycles. The monoisotopic (exact) mass is 344 g/mol. The minimum absolute atomic E-state index is 0.173. The van der Waals surface area contributed by atoms with Gasteiger partial charge in [-0.05, 0) is 37.1 Å². The van der Waals surface area contributed by atoms with Gasteiger partial charge in [0.05, 0.1) is 18.3 Å². The summed E-state index contributed by atoms with van der Waals surface area (Å²) in [6.45, 7) is 1.65. The van der Waals surface area contributed by atoms with Crippen LogP contribution in [0.5, 0.6) is 11.5 Å². The number of rotatable bonds is 7. The smallest absolute Gasteiger partial charge is 0.238 e. The lowest BCUT2D eigenvalue weighted by Gasteiger charge is -2.13. The maximum absolute atomic E-state index is 13.3. The highest BCUT2D eigenvalue weighted by Gasteiger charge is 2.15. The summed E-state index contributed by atoms with van der Waals surface area (Å²) in [6.07, 6.45) is 2.29. The largest absolute Gasteiger partial charge is 0.455 e. The van der Waals surface area contributed by atoms with E-state index in [1.165, 1.54) is 12.1 Å². The SMILES string of the molecule is O=C(CNC[C@H]1CCCO1)Nc1ccccc1Oc1cccc(F)c1. The van der Waals surface area contributed by atoms with Gasteiger partial charge in [0.1, 0.15) is 11.6 Å². The van der Waals surface area contributed by atoms with Crippen molar-refractivity contribution in [3.8, 4) is 11.5 Å². The Labute approximate surface area is 146 Å². The normalized spacial score (nSPS) is 16.6. The molecule has 0 aliphatic carbocycles. The third kappa shape index (κ3) is 5.27. The van der Waals surface area contributed by atoms with Crippen LogP contribution in [0.25, 0.3) is 0 Å². The summed E-state index contributed by atoms with van der Waals surface area (Å²) in [4.78, 5) is 12.1. The average molecular weight is 344 g/mol. The highest BCUT2D eigenvalue weighted by Crippen LogP contribution is 2.29. The number of carbonyl (C=O) groups is 1. The maximum atomic E-state index is 13.3. The molecule has 1 saturated heterocycles. The first kappa shape index (κ1) is 17.4. The van der Waals surface area contributed by atoms with Crippen LogP contribution in [0, 0.1) is 5.82 Å². The van der Waals surface area contributed by atoms with E-state index < -0.39 is 0 Å². The Kier molecular flexibility index (Phi) is 5.98. The Morgan fingerprint density at radius 2 is 2.12 bits per heavy atom. The fourth-order valence-corrected chi connectivity index (χ4v) is 2.66. The Morgan fingerprint density at radius 1 is 1.24 bits per heavy atom. The molecule has 2 N–H and O–H groups in total. The number of hydrogen-bond acceptors (Lipinski definition) is 4. The van der Waals surface area contributed by atoms with E-state index in [1.807, 2.05) is 0 Å². The molecule has 0 aromatic heterocycles. The molecule has 132 valence electrons. The van der Waals surface area contributed by atoms with E-state index in [9.17, 15) is 9.18 Å². The molecular formula is C19H21FN2O3. The van der Waals surface area contributed by atoms with Crippen molar-refractivity contribution in [3.63, 3.8) is 0 Å². The standard InChI is InChI=1S/C19H21FN2O3/c20-14-5-3-6-15(11-14)25-18-9-2-1-8-17(18)22-19(23)13-21-12-16-7-4-10-24-16/h1-3,5-6,8-9,11,16,21H,4,7,10,12-13H2,(H,22,23)/t16-/m1/s1. The topological polar surface area (TPSA) is 59.6 Å². The van der Waals surface area contributed by atoms with E-state index in [2.05, 4.69) is 10.6 Å². The number of nitrogens with one attached hydrogen (secondary N) is 2. The molecule has 1 atom stereocenters. The van der Waals surface area contributed by atoms with E-state index >= 15 is 0 Å². The molecule has 2 aromatic carbocycles. The molecule has 1 amide bonds. The first-order valence-electron chi connectivity index (χ1n) is 8.35. The van der Waals surface area contributed by atoms with E-state index in [0.29, 0.717) is 23.7 Å². The molecule has 0 unspecified atom stereocenters. The molecular weight excluding hydrogens is 323 g/mol. The van der Waals surface area contributed by atoms with Gasteiger partial charge in [-0.15, -0.1) is 0 Å². The fraction of sp³-hybridized carbons (Fsp3) is 0.316. The van der Waals surface area contributed by atoms with Crippen molar-refractivity contribution < 1.29 is 18.7 Å². The summed E-state index contributed by atoms with van der Waals surface area (Å²) in [5.74, 6) is 0.282. The summed E-state index contributed by atoms with van der Waals surface area (Å²) in [6, 6.07) is 12.9. The summed E-state index contributed by atoms with van der Waals surface area (Å²) in [7, 11) is 0. The van der Waals surface area contributed by atoms with Gasteiger partial charge in [-0.1, -0.05) is 18.2 Å². The van der Waals surface area contributed by atoms with Crippen LogP contribution in [-0.2, 0) is 9.53 Å². The van der Waals surface area contributed by atoms with E-state index in [-0.39, 0.29) is 24.4 Å². The first-order chi connectivity index (χ1) is 12.2. The van der Waals surface area contributed by atoms with Crippen LogP contribution >= 0.6 is 0 Å². The zero-order valence-electron chi connectivity index (χ0n) is 13.8. The Bertz CT molecular complexity index is 717. The van der Waals surface area contributed by atoms with Crippen LogP contribution in [0.2, 0.25) is 0 Å². The van der Waals surface area contributed by atoms with Crippen LogP contribution in [-0.4, -0.2) is 31.7 Å². The lowest BCUT2D eigenvalue weighted by atomic mass is 10.2. The van der Waals surface area contributed by atoms with Gasteiger partial charge in [-0.2, -0.15) is 0 Å². The van der Waals surface area contributed by atoms with E-state index in [4.69, 9.17) is 9.47 Å². The number of para-hydroxylation sites is 2. The highest BCUT2D eigenvalue weighted by molar-refractivity contribution is 5.93. The summed E-state index contributed by atoms with van der Waals surface area (Å²) >= 11 is 0. The molecule has 3 rings (SSSR count). The van der Waals surface area contributed by atoms with Crippen LogP contribution in [0.3, 0.4) is 0 Å². The lowest BCUT2D eigenvalue weighted by molar-refractivity contribution is -0.115. The van der Waals surface area contributed by atoms with Crippen molar-refractivity contribution in [1.29, 1.82) is 0 Å². The van der Waals surface area contributed by atoms with Gasteiger partial charge in [-0.25, -0.2) is 4.39 Å². The molecule has 5 nitrogen and oxygen atoms in total. The van der Waals surface area contributed by atoms with Gasteiger partial charge in [0, 0.05) is 19.2 Å². The van der Waals surface area contributed by atoms with E-state index in [0.717, 1.165) is 19.4 Å². The minimum Gasteiger partial charge on any atom is -0.455 e. The number of hydrogen-bond donors (Lipinski definition) is 2. The zero-order valence-corrected chi connectivity index (χ0v) is 13.8. The summed E-state index contributed by atoms with van der Waals surface area (Å²) in [5, 5.41) is 5.91. The van der Waals surface area contributed by atoms with Crippen molar-refractivity contribution in [2.75, 3.05) is 25.0 Å². The third-order valence-corrected chi connectivity index (χ3v) is 3.87. The second-order valence-electron chi connectivity index (χ2n) is 5.87. The lowest BCUT2D eigenvalue weighted by Crippen LogP contribution is -2.33. The van der Waals surface area contributed by atoms with Gasteiger partial charge >= 0.3 is 0 Å². The molecule has 2 aromatic rings. The summed E-state index contributed by atoms with van der Waals surface area (Å²) in [5.41, 5.74) is 0.538. The quantitative estimate of drug-likeness (QED) is 0.809. The predicted molar refractivity (Wildman–Crippen MR) is 93.4 cm³/mol. The number of ether oxygens (including phenoxy) is 2. The van der Waals surface area contributed by atoms with Gasteiger partial charge in [0.2, 0.25) is 5.91 Å². The van der Waals surface area contributed by atoms with Gasteiger partial charge in [-0.3, -0.25) is 4.79 Å². The van der Waals surface area contributed by atoms with Crippen molar-refractivity contribution >= 4 is 11.6 Å². The van der Waals surface area contributed by atoms with Crippen molar-refractivity contribution in [3.05, 3.63) is 54.3 Å². The third-order valence-electron chi connectivity index (χ3n) is 3.87. The maximum Gasteiger partial charge on any atom is 0.238 e. The van der Waals surface area contributed by atoms with Crippen LogP contribution in [0.4, 0.5) is 10.1 Å². The second-order valence-corrected chi connectivity index (χ2v) is 5.87. The molecule has 0 bridgehead atoms. The van der Waals surface area contributed by atoms with Crippen LogP contribution in [0.1, 0.15) is 12.8 Å². The Morgan fingerprint density at radius 3 is 2.92 bits per heavy atom. The molecule has 0 saturated carbocycles. The van der Waals surface area contributed by atoms with Gasteiger partial charge in [0.25, 0.3) is 0 Å². The van der Waals surface area contributed by atoms with Crippen molar-refractivity contribution in [2.45, 2.75) is 18.9 Å². The average Bonchev–Trinajstić information content (AvgIpc) is 3.10. The van der Waals surface area contributed by atoms with Gasteiger partial charge in [0.15, 0.2) is 5.75 Å². The van der Waals surface area contributed by atoms with Crippen LogP contribution in [0.15, 0.2) is 48.5 Å². The summed E-state index contributed by atoms with van der Waals surface area (Å²) < 4.78 is 24.5. The molecule has 0 spiro atoms. The molecule has 1 heterocycles.